The maximum absolute atomic E-state index is 11.8. The number of likely N-dealkylation sites (tertiary alicyclic amines) is 1. The lowest BCUT2D eigenvalue weighted by Gasteiger charge is -2.38. The Hall–Kier alpha value is -1.39. The molecule has 1 fully saturated rings. The van der Waals surface area contributed by atoms with Crippen LogP contribution in [0.2, 0.25) is 0 Å². The van der Waals surface area contributed by atoms with Crippen LogP contribution in [0.15, 0.2) is 30.3 Å². The van der Waals surface area contributed by atoms with Crippen molar-refractivity contribution in [1.82, 2.24) is 15.5 Å². The predicted molar refractivity (Wildman–Crippen MR) is 86.0 cm³/mol. The van der Waals surface area contributed by atoms with Crippen LogP contribution in [0.1, 0.15) is 25.3 Å². The topological polar surface area (TPSA) is 44.4 Å². The van der Waals surface area contributed by atoms with Gasteiger partial charge in [-0.05, 0) is 44.0 Å². The summed E-state index contributed by atoms with van der Waals surface area (Å²) in [6.45, 7) is 6.53. The second-order valence-corrected chi connectivity index (χ2v) is 6.48. The van der Waals surface area contributed by atoms with Gasteiger partial charge in [0.1, 0.15) is 0 Å². The van der Waals surface area contributed by atoms with E-state index < -0.39 is 0 Å². The number of hydrogen-bond donors (Lipinski definition) is 2. The van der Waals surface area contributed by atoms with E-state index in [1.54, 1.807) is 0 Å². The number of carbonyl (C=O) groups excluding carboxylic acids is 1. The van der Waals surface area contributed by atoms with Crippen molar-refractivity contribution in [2.75, 3.05) is 33.2 Å². The monoisotopic (exact) mass is 289 g/mol. The van der Waals surface area contributed by atoms with Gasteiger partial charge in [0.25, 0.3) is 0 Å². The van der Waals surface area contributed by atoms with E-state index in [9.17, 15) is 4.79 Å². The van der Waals surface area contributed by atoms with Crippen molar-refractivity contribution >= 4 is 5.91 Å². The Morgan fingerprint density at radius 2 is 1.90 bits per heavy atom. The van der Waals surface area contributed by atoms with Crippen molar-refractivity contribution in [1.29, 1.82) is 0 Å². The first kappa shape index (κ1) is 16.0. The molecule has 0 bridgehead atoms. The Morgan fingerprint density at radius 1 is 1.24 bits per heavy atom. The maximum atomic E-state index is 11.8. The molecule has 4 heteroatoms. The second kappa shape index (κ2) is 7.57. The molecule has 116 valence electrons. The fourth-order valence-corrected chi connectivity index (χ4v) is 2.67. The van der Waals surface area contributed by atoms with Crippen molar-refractivity contribution in [3.05, 3.63) is 35.9 Å². The summed E-state index contributed by atoms with van der Waals surface area (Å²) >= 11 is 0. The van der Waals surface area contributed by atoms with Gasteiger partial charge in [-0.25, -0.2) is 0 Å². The molecule has 1 amide bonds. The fraction of sp³-hybridized carbons (Fsp3) is 0.588. The van der Waals surface area contributed by atoms with Crippen LogP contribution in [0.3, 0.4) is 0 Å². The zero-order valence-electron chi connectivity index (χ0n) is 13.2. The first-order chi connectivity index (χ1) is 10.1. The van der Waals surface area contributed by atoms with Crippen molar-refractivity contribution < 1.29 is 4.79 Å². The van der Waals surface area contributed by atoms with E-state index in [2.05, 4.69) is 29.5 Å². The van der Waals surface area contributed by atoms with Gasteiger partial charge in [-0.2, -0.15) is 0 Å². The van der Waals surface area contributed by atoms with E-state index in [4.69, 9.17) is 0 Å². The van der Waals surface area contributed by atoms with E-state index >= 15 is 0 Å². The minimum absolute atomic E-state index is 0.0652. The molecule has 0 spiro atoms. The molecule has 2 N–H and O–H groups in total. The quantitative estimate of drug-likeness (QED) is 0.836. The van der Waals surface area contributed by atoms with Gasteiger partial charge in [0, 0.05) is 13.1 Å². The molecule has 1 heterocycles. The van der Waals surface area contributed by atoms with Crippen LogP contribution in [0.25, 0.3) is 0 Å². The number of hydrogen-bond acceptors (Lipinski definition) is 3. The third kappa shape index (κ3) is 5.48. The van der Waals surface area contributed by atoms with Crippen LogP contribution in [-0.2, 0) is 11.3 Å². The molecule has 2 rings (SSSR count). The predicted octanol–water partition coefficient (Wildman–Crippen LogP) is 1.62. The molecular formula is C17H27N3O. The number of benzene rings is 1. The third-order valence-electron chi connectivity index (χ3n) is 4.36. The fourth-order valence-electron chi connectivity index (χ4n) is 2.67. The number of nitrogens with one attached hydrogen (secondary N) is 2. The summed E-state index contributed by atoms with van der Waals surface area (Å²) in [4.78, 5) is 14.2. The van der Waals surface area contributed by atoms with Crippen LogP contribution >= 0.6 is 0 Å². The smallest absolute Gasteiger partial charge is 0.234 e. The Morgan fingerprint density at radius 3 is 2.57 bits per heavy atom. The van der Waals surface area contributed by atoms with E-state index in [1.165, 1.54) is 12.8 Å². The van der Waals surface area contributed by atoms with Gasteiger partial charge in [-0.15, -0.1) is 0 Å². The van der Waals surface area contributed by atoms with Crippen LogP contribution in [0.5, 0.6) is 0 Å². The van der Waals surface area contributed by atoms with Crippen molar-refractivity contribution in [3.8, 4) is 0 Å². The number of carbonyl (C=O) groups is 1. The van der Waals surface area contributed by atoms with Crippen molar-refractivity contribution in [2.45, 2.75) is 26.3 Å². The molecule has 1 saturated heterocycles. The molecule has 1 aliphatic heterocycles. The average Bonchev–Trinajstić information content (AvgIpc) is 2.50. The van der Waals surface area contributed by atoms with Gasteiger partial charge in [0.05, 0.1) is 6.54 Å². The van der Waals surface area contributed by atoms with E-state index in [1.807, 2.05) is 30.3 Å². The molecule has 0 radical (unpaired) electrons. The van der Waals surface area contributed by atoms with Gasteiger partial charge in [-0.1, -0.05) is 37.3 Å². The highest BCUT2D eigenvalue weighted by Crippen LogP contribution is 2.29. The Balaban J connectivity index is 1.63. The highest BCUT2D eigenvalue weighted by Gasteiger charge is 2.28. The lowest BCUT2D eigenvalue weighted by atomic mass is 9.80. The van der Waals surface area contributed by atoms with Crippen LogP contribution < -0.4 is 10.6 Å². The van der Waals surface area contributed by atoms with E-state index in [-0.39, 0.29) is 5.91 Å². The van der Waals surface area contributed by atoms with E-state index in [0.717, 1.165) is 25.2 Å². The summed E-state index contributed by atoms with van der Waals surface area (Å²) in [5, 5.41) is 6.26. The highest BCUT2D eigenvalue weighted by molar-refractivity contribution is 5.77. The lowest BCUT2D eigenvalue weighted by Crippen LogP contribution is -2.44. The van der Waals surface area contributed by atoms with Crippen molar-refractivity contribution in [2.24, 2.45) is 5.41 Å². The average molecular weight is 289 g/mol. The number of amides is 1. The Kier molecular flexibility index (Phi) is 5.76. The summed E-state index contributed by atoms with van der Waals surface area (Å²) in [5.74, 6) is 0.0652. The third-order valence-corrected chi connectivity index (χ3v) is 4.36. The molecule has 21 heavy (non-hydrogen) atoms. The Labute approximate surface area is 127 Å². The molecule has 0 aliphatic carbocycles. The highest BCUT2D eigenvalue weighted by atomic mass is 16.1. The maximum Gasteiger partial charge on any atom is 0.234 e. The van der Waals surface area contributed by atoms with Crippen LogP contribution in [0.4, 0.5) is 0 Å². The van der Waals surface area contributed by atoms with Gasteiger partial charge in [-0.3, -0.25) is 4.79 Å². The van der Waals surface area contributed by atoms with Gasteiger partial charge >= 0.3 is 0 Å². The normalized spacial score (nSPS) is 18.4. The molecule has 0 saturated carbocycles. The summed E-state index contributed by atoms with van der Waals surface area (Å²) in [6.07, 6.45) is 2.39. The zero-order valence-corrected chi connectivity index (χ0v) is 13.2. The molecule has 0 aromatic heterocycles. The number of piperidine rings is 1. The number of rotatable bonds is 6. The number of nitrogens with zero attached hydrogens (tertiary/aromatic N) is 1. The first-order valence-corrected chi connectivity index (χ1v) is 7.77. The van der Waals surface area contributed by atoms with Crippen LogP contribution in [0, 0.1) is 5.41 Å². The molecule has 1 aromatic rings. The molecule has 1 aromatic carbocycles. The lowest BCUT2D eigenvalue weighted by molar-refractivity contribution is -0.120. The summed E-state index contributed by atoms with van der Waals surface area (Å²) in [6, 6.07) is 10.00. The Bertz CT molecular complexity index is 439. The van der Waals surface area contributed by atoms with Gasteiger partial charge in [0.2, 0.25) is 5.91 Å². The largest absolute Gasteiger partial charge is 0.351 e. The molecule has 1 aliphatic rings. The zero-order chi connectivity index (χ0) is 15.1. The minimum atomic E-state index is 0.0652. The van der Waals surface area contributed by atoms with Gasteiger partial charge < -0.3 is 15.5 Å². The van der Waals surface area contributed by atoms with Gasteiger partial charge in [0.15, 0.2) is 0 Å². The SMILES string of the molecule is CN1CCC(C)(CNCC(=O)NCc2ccccc2)CC1. The standard InChI is InChI=1S/C17H27N3O/c1-17(8-10-20(2)11-9-17)14-18-13-16(21)19-12-15-6-4-3-5-7-15/h3-7,18H,8-14H2,1-2H3,(H,19,21). The van der Waals surface area contributed by atoms with Crippen molar-refractivity contribution in [3.63, 3.8) is 0 Å². The minimum Gasteiger partial charge on any atom is -0.351 e. The molecular weight excluding hydrogens is 262 g/mol. The molecule has 0 atom stereocenters. The second-order valence-electron chi connectivity index (χ2n) is 6.48. The van der Waals surface area contributed by atoms with Crippen LogP contribution in [-0.4, -0.2) is 44.0 Å². The molecule has 4 nitrogen and oxygen atoms in total. The summed E-state index contributed by atoms with van der Waals surface area (Å²) in [5.41, 5.74) is 1.46. The summed E-state index contributed by atoms with van der Waals surface area (Å²) in [7, 11) is 2.17. The molecule has 0 unspecified atom stereocenters. The summed E-state index contributed by atoms with van der Waals surface area (Å²) < 4.78 is 0. The van der Waals surface area contributed by atoms with E-state index in [0.29, 0.717) is 18.5 Å². The first-order valence-electron chi connectivity index (χ1n) is 7.77.